The molecular weight excluding hydrogens is 408 g/mol. The molecule has 0 aromatic carbocycles. The maximum Gasteiger partial charge on any atom is 0.330 e. The highest BCUT2D eigenvalue weighted by Gasteiger charge is 2.65. The van der Waals surface area contributed by atoms with Crippen molar-refractivity contribution in [3.63, 3.8) is 0 Å². The van der Waals surface area contributed by atoms with Crippen molar-refractivity contribution in [3.8, 4) is 0 Å². The van der Waals surface area contributed by atoms with Gasteiger partial charge in [-0.1, -0.05) is 59.3 Å². The number of rotatable bonds is 5. The van der Waals surface area contributed by atoms with Gasteiger partial charge in [0.05, 0.1) is 6.10 Å². The lowest BCUT2D eigenvalue weighted by molar-refractivity contribution is -0.132. The van der Waals surface area contributed by atoms with Gasteiger partial charge in [0.1, 0.15) is 0 Å². The van der Waals surface area contributed by atoms with Gasteiger partial charge in [-0.15, -0.1) is 0 Å². The molecular formula is C30H48O3. The fraction of sp³-hybridized carbons (Fsp3) is 0.833. The first-order valence-electron chi connectivity index (χ1n) is 13.6. The second kappa shape index (κ2) is 8.25. The number of carbonyl (C=O) groups is 1. The highest BCUT2D eigenvalue weighted by molar-refractivity contribution is 5.85. The van der Waals surface area contributed by atoms with Crippen molar-refractivity contribution in [1.29, 1.82) is 0 Å². The van der Waals surface area contributed by atoms with Gasteiger partial charge in [-0.25, -0.2) is 4.79 Å². The molecule has 3 heteroatoms. The second-order valence-electron chi connectivity index (χ2n) is 13.6. The predicted molar refractivity (Wildman–Crippen MR) is 135 cm³/mol. The molecule has 4 rings (SSSR count). The summed E-state index contributed by atoms with van der Waals surface area (Å²) in [5.41, 5.74) is 3.13. The van der Waals surface area contributed by atoms with Crippen LogP contribution in [0, 0.1) is 45.3 Å². The van der Waals surface area contributed by atoms with Crippen LogP contribution in [0.5, 0.6) is 0 Å². The maximum atomic E-state index is 11.1. The summed E-state index contributed by atoms with van der Waals surface area (Å²) in [6.45, 7) is 16.5. The number of hydrogen-bond donors (Lipinski definition) is 2. The van der Waals surface area contributed by atoms with E-state index in [2.05, 4.69) is 47.6 Å². The highest BCUT2D eigenvalue weighted by atomic mass is 16.4. The average molecular weight is 457 g/mol. The number of aliphatic carboxylic acids is 1. The van der Waals surface area contributed by atoms with E-state index in [0.717, 1.165) is 32.1 Å². The minimum absolute atomic E-state index is 0.00892. The van der Waals surface area contributed by atoms with E-state index in [4.69, 9.17) is 5.11 Å². The third-order valence-electron chi connectivity index (χ3n) is 12.0. The standard InChI is InChI=1S/C30H48O3/c1-19(9-8-10-20(2)26(32)33)21-13-17-30(7)23-11-12-24-27(3,4)25(31)15-16-28(24,5)22(23)14-18-29(21,30)6/h10-11,19,21-22,24-25,31H,8-9,12-18H2,1-7H3,(H,32,33)/b20-10-/t19?,21-,22?,24?,25?,28+,29-,30+/m0/s1. The Kier molecular flexibility index (Phi) is 6.25. The number of aliphatic hydroxyl groups is 1. The maximum absolute atomic E-state index is 11.1. The normalized spacial score (nSPS) is 45.5. The van der Waals surface area contributed by atoms with Gasteiger partial charge in [-0.2, -0.15) is 0 Å². The molecule has 0 heterocycles. The third kappa shape index (κ3) is 3.58. The lowest BCUT2D eigenvalue weighted by Crippen LogP contribution is -2.58. The first-order valence-corrected chi connectivity index (χ1v) is 13.6. The zero-order chi connectivity index (χ0) is 24.4. The zero-order valence-electron chi connectivity index (χ0n) is 22.2. The lowest BCUT2D eigenvalue weighted by atomic mass is 9.41. The molecule has 186 valence electrons. The van der Waals surface area contributed by atoms with Crippen LogP contribution in [-0.4, -0.2) is 22.3 Å². The number of aliphatic hydroxyl groups excluding tert-OH is 1. The van der Waals surface area contributed by atoms with Crippen LogP contribution < -0.4 is 0 Å². The van der Waals surface area contributed by atoms with Crippen LogP contribution in [0.4, 0.5) is 0 Å². The fourth-order valence-electron chi connectivity index (χ4n) is 9.50. The Balaban J connectivity index is 1.58. The van der Waals surface area contributed by atoms with E-state index in [-0.39, 0.29) is 16.9 Å². The highest BCUT2D eigenvalue weighted by Crippen LogP contribution is 2.73. The van der Waals surface area contributed by atoms with Crippen LogP contribution in [0.3, 0.4) is 0 Å². The Bertz CT molecular complexity index is 853. The molecule has 0 radical (unpaired) electrons. The molecule has 3 nitrogen and oxygen atoms in total. The summed E-state index contributed by atoms with van der Waals surface area (Å²) in [6.07, 6.45) is 14.7. The number of fused-ring (bicyclic) bond motifs is 5. The minimum atomic E-state index is -0.796. The van der Waals surface area contributed by atoms with Crippen molar-refractivity contribution in [2.45, 2.75) is 112 Å². The fourth-order valence-corrected chi connectivity index (χ4v) is 9.50. The van der Waals surface area contributed by atoms with E-state index in [0.29, 0.717) is 40.1 Å². The Labute approximate surface area is 202 Å². The molecule has 3 fully saturated rings. The summed E-state index contributed by atoms with van der Waals surface area (Å²) >= 11 is 0. The van der Waals surface area contributed by atoms with Gasteiger partial charge >= 0.3 is 5.97 Å². The number of allylic oxidation sites excluding steroid dienone is 3. The van der Waals surface area contributed by atoms with Crippen LogP contribution in [0.15, 0.2) is 23.3 Å². The van der Waals surface area contributed by atoms with Crippen molar-refractivity contribution in [1.82, 2.24) is 0 Å². The molecule has 0 aliphatic heterocycles. The first-order chi connectivity index (χ1) is 15.3. The molecule has 0 saturated heterocycles. The van der Waals surface area contributed by atoms with E-state index >= 15 is 0 Å². The number of hydrogen-bond acceptors (Lipinski definition) is 2. The summed E-state index contributed by atoms with van der Waals surface area (Å²) in [5.74, 6) is 1.75. The number of carboxylic acid groups (broad SMARTS) is 1. The Morgan fingerprint density at radius 3 is 2.48 bits per heavy atom. The van der Waals surface area contributed by atoms with Crippen LogP contribution in [0.1, 0.15) is 106 Å². The quantitative estimate of drug-likeness (QED) is 0.335. The van der Waals surface area contributed by atoms with E-state index in [1.807, 2.05) is 6.08 Å². The monoisotopic (exact) mass is 456 g/mol. The summed E-state index contributed by atoms with van der Waals surface area (Å²) in [5, 5.41) is 20.0. The summed E-state index contributed by atoms with van der Waals surface area (Å²) in [7, 11) is 0. The molecule has 0 aromatic heterocycles. The molecule has 4 unspecified atom stereocenters. The van der Waals surface area contributed by atoms with E-state index in [1.54, 1.807) is 12.5 Å². The predicted octanol–water partition coefficient (Wildman–Crippen LogP) is 7.40. The SMILES string of the molecule is C/C(=C/CCC(C)[C@@H]1CC[C@]2(C)C3=CCC4C(C)(C)C(O)CC[C@]4(C)C3CC[C@@]12C)C(=O)O. The first kappa shape index (κ1) is 25.0. The Hall–Kier alpha value is -1.09. The average Bonchev–Trinajstić information content (AvgIpc) is 3.02. The minimum Gasteiger partial charge on any atom is -0.478 e. The molecule has 3 saturated carbocycles. The summed E-state index contributed by atoms with van der Waals surface area (Å²) in [6, 6.07) is 0. The van der Waals surface area contributed by atoms with Crippen LogP contribution >= 0.6 is 0 Å². The van der Waals surface area contributed by atoms with Crippen molar-refractivity contribution in [2.75, 3.05) is 0 Å². The van der Waals surface area contributed by atoms with Gasteiger partial charge in [0.15, 0.2) is 0 Å². The largest absolute Gasteiger partial charge is 0.478 e. The lowest BCUT2D eigenvalue weighted by Gasteiger charge is -2.64. The molecule has 4 aliphatic rings. The van der Waals surface area contributed by atoms with Gasteiger partial charge in [0.25, 0.3) is 0 Å². The third-order valence-corrected chi connectivity index (χ3v) is 12.0. The smallest absolute Gasteiger partial charge is 0.330 e. The molecule has 0 aromatic rings. The van der Waals surface area contributed by atoms with Gasteiger partial charge < -0.3 is 10.2 Å². The summed E-state index contributed by atoms with van der Waals surface area (Å²) < 4.78 is 0. The van der Waals surface area contributed by atoms with Gasteiger partial charge in [0.2, 0.25) is 0 Å². The van der Waals surface area contributed by atoms with Crippen molar-refractivity contribution in [3.05, 3.63) is 23.3 Å². The Morgan fingerprint density at radius 1 is 1.12 bits per heavy atom. The van der Waals surface area contributed by atoms with Crippen molar-refractivity contribution in [2.24, 2.45) is 45.3 Å². The van der Waals surface area contributed by atoms with Gasteiger partial charge in [-0.3, -0.25) is 0 Å². The summed E-state index contributed by atoms with van der Waals surface area (Å²) in [4.78, 5) is 11.1. The molecule has 2 N–H and O–H groups in total. The topological polar surface area (TPSA) is 57.5 Å². The Morgan fingerprint density at radius 2 is 1.82 bits per heavy atom. The van der Waals surface area contributed by atoms with Crippen molar-refractivity contribution < 1.29 is 15.0 Å². The van der Waals surface area contributed by atoms with Gasteiger partial charge in [-0.05, 0) is 110 Å². The van der Waals surface area contributed by atoms with E-state index < -0.39 is 5.97 Å². The molecule has 4 aliphatic carbocycles. The molecule has 0 spiro atoms. The molecule has 33 heavy (non-hydrogen) atoms. The zero-order valence-corrected chi connectivity index (χ0v) is 22.2. The van der Waals surface area contributed by atoms with E-state index in [1.165, 1.54) is 25.7 Å². The molecule has 8 atom stereocenters. The second-order valence-corrected chi connectivity index (χ2v) is 13.6. The van der Waals surface area contributed by atoms with Gasteiger partial charge in [0, 0.05) is 5.57 Å². The van der Waals surface area contributed by atoms with Crippen LogP contribution in [0.25, 0.3) is 0 Å². The van der Waals surface area contributed by atoms with Crippen molar-refractivity contribution >= 4 is 5.97 Å². The van der Waals surface area contributed by atoms with Crippen LogP contribution in [-0.2, 0) is 4.79 Å². The number of carboxylic acids is 1. The molecule has 0 bridgehead atoms. The van der Waals surface area contributed by atoms with Crippen LogP contribution in [0.2, 0.25) is 0 Å². The van der Waals surface area contributed by atoms with E-state index in [9.17, 15) is 9.90 Å². The molecule has 0 amide bonds.